The molecule has 19 heavy (non-hydrogen) atoms. The number of carboxylic acids is 1. The molecule has 0 saturated heterocycles. The van der Waals surface area contributed by atoms with Crippen LogP contribution in [-0.4, -0.2) is 24.2 Å². The highest BCUT2D eigenvalue weighted by molar-refractivity contribution is 5.72. The van der Waals surface area contributed by atoms with Crippen molar-refractivity contribution in [3.63, 3.8) is 0 Å². The van der Waals surface area contributed by atoms with Gasteiger partial charge in [0.05, 0.1) is 0 Å². The summed E-state index contributed by atoms with van der Waals surface area (Å²) in [6, 6.07) is 5.93. The van der Waals surface area contributed by atoms with Crippen LogP contribution in [0.25, 0.3) is 0 Å². The van der Waals surface area contributed by atoms with E-state index < -0.39 is 12.1 Å². The van der Waals surface area contributed by atoms with Crippen LogP contribution in [0.5, 0.6) is 5.75 Å². The number of carboxylic acid groups (broad SMARTS) is 1. The second-order valence-corrected chi connectivity index (χ2v) is 4.79. The molecule has 106 valence electrons. The van der Waals surface area contributed by atoms with Crippen LogP contribution in [0.1, 0.15) is 43.9 Å². The summed E-state index contributed by atoms with van der Waals surface area (Å²) in [5, 5.41) is 12.3. The molecule has 2 atom stereocenters. The molecule has 0 fully saturated rings. The van der Waals surface area contributed by atoms with Crippen molar-refractivity contribution in [1.82, 2.24) is 5.32 Å². The Balaban J connectivity index is 3.01. The standard InChI is InChI=1S/C15H23NO3/c1-5-6-14(15(17)18)19-13-8-7-10(2)9-12(13)11(3)16-4/h7-9,11,14,16H,5-6H2,1-4H3,(H,17,18). The Morgan fingerprint density at radius 2 is 2.16 bits per heavy atom. The molecule has 1 aromatic carbocycles. The predicted molar refractivity (Wildman–Crippen MR) is 75.6 cm³/mol. The minimum absolute atomic E-state index is 0.117. The molecule has 0 aromatic heterocycles. The van der Waals surface area contributed by atoms with Gasteiger partial charge in [0.25, 0.3) is 0 Å². The first-order chi connectivity index (χ1) is 8.99. The second-order valence-electron chi connectivity index (χ2n) is 4.79. The lowest BCUT2D eigenvalue weighted by molar-refractivity contribution is -0.145. The van der Waals surface area contributed by atoms with Gasteiger partial charge in [-0.05, 0) is 33.4 Å². The average molecular weight is 265 g/mol. The topological polar surface area (TPSA) is 58.6 Å². The zero-order valence-electron chi connectivity index (χ0n) is 12.1. The van der Waals surface area contributed by atoms with Gasteiger partial charge in [-0.3, -0.25) is 0 Å². The zero-order chi connectivity index (χ0) is 14.4. The fourth-order valence-corrected chi connectivity index (χ4v) is 1.92. The summed E-state index contributed by atoms with van der Waals surface area (Å²) >= 11 is 0. The predicted octanol–water partition coefficient (Wildman–Crippen LogP) is 2.91. The smallest absolute Gasteiger partial charge is 0.344 e. The van der Waals surface area contributed by atoms with Crippen molar-refractivity contribution in [3.8, 4) is 5.75 Å². The molecule has 2 unspecified atom stereocenters. The summed E-state index contributed by atoms with van der Waals surface area (Å²) in [5.41, 5.74) is 2.12. The highest BCUT2D eigenvalue weighted by atomic mass is 16.5. The number of rotatable bonds is 7. The van der Waals surface area contributed by atoms with Gasteiger partial charge >= 0.3 is 5.97 Å². The van der Waals surface area contributed by atoms with E-state index >= 15 is 0 Å². The molecule has 4 heteroatoms. The van der Waals surface area contributed by atoms with Gasteiger partial charge in [-0.1, -0.05) is 31.0 Å². The lowest BCUT2D eigenvalue weighted by atomic mass is 10.0. The normalized spacial score (nSPS) is 13.9. The van der Waals surface area contributed by atoms with Crippen molar-refractivity contribution >= 4 is 5.97 Å². The molecule has 4 nitrogen and oxygen atoms in total. The molecule has 0 saturated carbocycles. The number of hydrogen-bond acceptors (Lipinski definition) is 3. The number of aliphatic carboxylic acids is 1. The van der Waals surface area contributed by atoms with Gasteiger partial charge < -0.3 is 15.2 Å². The van der Waals surface area contributed by atoms with Crippen LogP contribution in [0.3, 0.4) is 0 Å². The number of benzene rings is 1. The van der Waals surface area contributed by atoms with Crippen molar-refractivity contribution < 1.29 is 14.6 Å². The molecule has 0 aliphatic carbocycles. The van der Waals surface area contributed by atoms with Gasteiger partial charge in [0.15, 0.2) is 6.10 Å². The Bertz CT molecular complexity index is 431. The third-order valence-electron chi connectivity index (χ3n) is 3.16. The van der Waals surface area contributed by atoms with Crippen molar-refractivity contribution in [3.05, 3.63) is 29.3 Å². The summed E-state index contributed by atoms with van der Waals surface area (Å²) in [4.78, 5) is 11.2. The van der Waals surface area contributed by atoms with E-state index in [1.807, 2.05) is 46.0 Å². The maximum Gasteiger partial charge on any atom is 0.344 e. The Morgan fingerprint density at radius 3 is 2.68 bits per heavy atom. The highest BCUT2D eigenvalue weighted by Crippen LogP contribution is 2.27. The third kappa shape index (κ3) is 4.24. The molecular formula is C15H23NO3. The van der Waals surface area contributed by atoms with E-state index in [2.05, 4.69) is 5.32 Å². The van der Waals surface area contributed by atoms with Gasteiger partial charge in [0.1, 0.15) is 5.75 Å². The third-order valence-corrected chi connectivity index (χ3v) is 3.16. The highest BCUT2D eigenvalue weighted by Gasteiger charge is 2.20. The molecule has 1 aromatic rings. The molecule has 0 aliphatic heterocycles. The van der Waals surface area contributed by atoms with Crippen LogP contribution in [0.2, 0.25) is 0 Å². The summed E-state index contributed by atoms with van der Waals surface area (Å²) in [7, 11) is 1.87. The van der Waals surface area contributed by atoms with Gasteiger partial charge in [-0.25, -0.2) is 4.79 Å². The lowest BCUT2D eigenvalue weighted by Gasteiger charge is -2.20. The van der Waals surface area contributed by atoms with Crippen LogP contribution < -0.4 is 10.1 Å². The first-order valence-corrected chi connectivity index (χ1v) is 6.66. The number of aryl methyl sites for hydroxylation is 1. The number of carbonyl (C=O) groups is 1. The fraction of sp³-hybridized carbons (Fsp3) is 0.533. The molecular weight excluding hydrogens is 242 g/mol. The molecule has 0 spiro atoms. The quantitative estimate of drug-likeness (QED) is 0.796. The van der Waals surface area contributed by atoms with Gasteiger partial charge in [0, 0.05) is 11.6 Å². The van der Waals surface area contributed by atoms with Crippen molar-refractivity contribution in [1.29, 1.82) is 0 Å². The fourth-order valence-electron chi connectivity index (χ4n) is 1.92. The maximum absolute atomic E-state index is 11.2. The summed E-state index contributed by atoms with van der Waals surface area (Å²) in [5.74, 6) is -0.265. The van der Waals surface area contributed by atoms with Crippen LogP contribution >= 0.6 is 0 Å². The van der Waals surface area contributed by atoms with E-state index in [1.165, 1.54) is 0 Å². The molecule has 1 rings (SSSR count). The van der Waals surface area contributed by atoms with Crippen molar-refractivity contribution in [2.75, 3.05) is 7.05 Å². The molecule has 0 heterocycles. The van der Waals surface area contributed by atoms with Crippen LogP contribution in [0.15, 0.2) is 18.2 Å². The summed E-state index contributed by atoms with van der Waals surface area (Å²) in [6.45, 7) is 5.99. The monoisotopic (exact) mass is 265 g/mol. The molecule has 0 amide bonds. The van der Waals surface area contributed by atoms with Crippen molar-refractivity contribution in [2.45, 2.75) is 45.8 Å². The number of hydrogen-bond donors (Lipinski definition) is 2. The van der Waals surface area contributed by atoms with E-state index in [0.29, 0.717) is 12.2 Å². The zero-order valence-corrected chi connectivity index (χ0v) is 12.1. The molecule has 0 bridgehead atoms. The molecule has 2 N–H and O–H groups in total. The van der Waals surface area contributed by atoms with Gasteiger partial charge in [-0.15, -0.1) is 0 Å². The van der Waals surface area contributed by atoms with E-state index in [9.17, 15) is 4.79 Å². The summed E-state index contributed by atoms with van der Waals surface area (Å²) < 4.78 is 5.69. The first-order valence-electron chi connectivity index (χ1n) is 6.66. The van der Waals surface area contributed by atoms with E-state index in [0.717, 1.165) is 17.5 Å². The Labute approximate surface area is 114 Å². The second kappa shape index (κ2) is 7.14. The van der Waals surface area contributed by atoms with Gasteiger partial charge in [-0.2, -0.15) is 0 Å². The Kier molecular flexibility index (Phi) is 5.83. The van der Waals surface area contributed by atoms with E-state index in [4.69, 9.17) is 9.84 Å². The minimum atomic E-state index is -0.912. The summed E-state index contributed by atoms with van der Waals surface area (Å²) in [6.07, 6.45) is 0.506. The minimum Gasteiger partial charge on any atom is -0.479 e. The largest absolute Gasteiger partial charge is 0.479 e. The van der Waals surface area contributed by atoms with E-state index in [-0.39, 0.29) is 6.04 Å². The van der Waals surface area contributed by atoms with Gasteiger partial charge in [0.2, 0.25) is 0 Å². The molecule has 0 radical (unpaired) electrons. The SMILES string of the molecule is CCCC(Oc1ccc(C)cc1C(C)NC)C(=O)O. The Morgan fingerprint density at radius 1 is 1.47 bits per heavy atom. The lowest BCUT2D eigenvalue weighted by Crippen LogP contribution is -2.27. The first kappa shape index (κ1) is 15.5. The molecule has 0 aliphatic rings. The van der Waals surface area contributed by atoms with Crippen LogP contribution in [0.4, 0.5) is 0 Å². The number of ether oxygens (including phenoxy) is 1. The van der Waals surface area contributed by atoms with E-state index in [1.54, 1.807) is 0 Å². The Hall–Kier alpha value is -1.55. The van der Waals surface area contributed by atoms with Crippen molar-refractivity contribution in [2.24, 2.45) is 0 Å². The van der Waals surface area contributed by atoms with Crippen LogP contribution in [0, 0.1) is 6.92 Å². The van der Waals surface area contributed by atoms with Crippen LogP contribution in [-0.2, 0) is 4.79 Å². The number of nitrogens with one attached hydrogen (secondary N) is 1. The average Bonchev–Trinajstić information content (AvgIpc) is 2.38. The maximum atomic E-state index is 11.2.